The van der Waals surface area contributed by atoms with Crippen LogP contribution in [0.1, 0.15) is 26.4 Å². The van der Waals surface area contributed by atoms with Crippen LogP contribution in [0.3, 0.4) is 0 Å². The van der Waals surface area contributed by atoms with Crippen LogP contribution in [0.2, 0.25) is 0 Å². The summed E-state index contributed by atoms with van der Waals surface area (Å²) in [6, 6.07) is 5.87. The molecular formula is C15H16BrN3O4S. The Bertz CT molecular complexity index is 919. The summed E-state index contributed by atoms with van der Waals surface area (Å²) < 4.78 is 25.5. The molecule has 0 saturated carbocycles. The lowest BCUT2D eigenvalue weighted by atomic mass is 10.1. The molecule has 0 aliphatic rings. The highest BCUT2D eigenvalue weighted by Crippen LogP contribution is 2.16. The van der Waals surface area contributed by atoms with Crippen LogP contribution in [-0.2, 0) is 16.9 Å². The molecule has 7 nitrogen and oxygen atoms in total. The van der Waals surface area contributed by atoms with Gasteiger partial charge in [-0.2, -0.15) is 0 Å². The first kappa shape index (κ1) is 18.2. The lowest BCUT2D eigenvalue weighted by molar-refractivity contribution is 0.0841. The Morgan fingerprint density at radius 3 is 2.29 bits per heavy atom. The summed E-state index contributed by atoms with van der Waals surface area (Å²) in [6.45, 7) is 1.68. The first-order chi connectivity index (χ1) is 11.1. The van der Waals surface area contributed by atoms with Crippen molar-refractivity contribution >= 4 is 37.6 Å². The van der Waals surface area contributed by atoms with Gasteiger partial charge in [0.15, 0.2) is 9.84 Å². The number of carbonyl (C=O) groups is 2. The Balaban J connectivity index is 2.16. The van der Waals surface area contributed by atoms with Crippen LogP contribution >= 0.6 is 15.9 Å². The van der Waals surface area contributed by atoms with Crippen LogP contribution in [0, 0.1) is 6.92 Å². The number of halogens is 1. The van der Waals surface area contributed by atoms with E-state index >= 15 is 0 Å². The van der Waals surface area contributed by atoms with Gasteiger partial charge in [0.2, 0.25) is 0 Å². The number of nitrogens with zero attached hydrogens (tertiary/aromatic N) is 1. The fraction of sp³-hybridized carbons (Fsp3) is 0.200. The van der Waals surface area contributed by atoms with Crippen molar-refractivity contribution in [3.63, 3.8) is 0 Å². The Morgan fingerprint density at radius 2 is 1.75 bits per heavy atom. The number of benzene rings is 1. The molecule has 2 rings (SSSR count). The molecule has 0 fully saturated rings. The van der Waals surface area contributed by atoms with Crippen molar-refractivity contribution in [3.8, 4) is 0 Å². The van der Waals surface area contributed by atoms with Crippen LogP contribution in [0.4, 0.5) is 0 Å². The number of aromatic nitrogens is 1. The second kappa shape index (κ2) is 6.78. The minimum Gasteiger partial charge on any atom is -0.345 e. The summed E-state index contributed by atoms with van der Waals surface area (Å²) in [6.07, 6.45) is 2.77. The van der Waals surface area contributed by atoms with Gasteiger partial charge in [-0.3, -0.25) is 20.4 Å². The van der Waals surface area contributed by atoms with Gasteiger partial charge in [0.1, 0.15) is 5.69 Å². The van der Waals surface area contributed by atoms with Gasteiger partial charge < -0.3 is 4.57 Å². The van der Waals surface area contributed by atoms with E-state index < -0.39 is 21.7 Å². The van der Waals surface area contributed by atoms with E-state index in [0.29, 0.717) is 11.3 Å². The van der Waals surface area contributed by atoms with Crippen molar-refractivity contribution < 1.29 is 18.0 Å². The first-order valence-electron chi connectivity index (χ1n) is 6.83. The van der Waals surface area contributed by atoms with Crippen LogP contribution in [0.5, 0.6) is 0 Å². The van der Waals surface area contributed by atoms with Gasteiger partial charge in [-0.1, -0.05) is 6.07 Å². The molecule has 1 heterocycles. The van der Waals surface area contributed by atoms with Crippen molar-refractivity contribution in [1.29, 1.82) is 0 Å². The molecule has 1 aromatic carbocycles. The number of hydrogen-bond donors (Lipinski definition) is 2. The first-order valence-corrected chi connectivity index (χ1v) is 9.51. The Morgan fingerprint density at radius 1 is 1.12 bits per heavy atom. The maximum Gasteiger partial charge on any atom is 0.286 e. The monoisotopic (exact) mass is 413 g/mol. The van der Waals surface area contributed by atoms with Gasteiger partial charge in [-0.15, -0.1) is 0 Å². The summed E-state index contributed by atoms with van der Waals surface area (Å²) >= 11 is 3.26. The zero-order valence-corrected chi connectivity index (χ0v) is 15.7. The van der Waals surface area contributed by atoms with Gasteiger partial charge in [-0.25, -0.2) is 8.42 Å². The topological polar surface area (TPSA) is 97.3 Å². The molecule has 1 aromatic heterocycles. The fourth-order valence-electron chi connectivity index (χ4n) is 2.07. The molecule has 0 spiro atoms. The Kier molecular flexibility index (Phi) is 5.14. The van der Waals surface area contributed by atoms with Gasteiger partial charge in [-0.05, 0) is 46.6 Å². The number of hydrogen-bond acceptors (Lipinski definition) is 4. The highest BCUT2D eigenvalue weighted by Gasteiger charge is 2.16. The van der Waals surface area contributed by atoms with Crippen molar-refractivity contribution in [1.82, 2.24) is 15.4 Å². The molecule has 0 aliphatic heterocycles. The molecule has 0 aliphatic carbocycles. The number of sulfone groups is 1. The Labute approximate surface area is 148 Å². The highest BCUT2D eigenvalue weighted by atomic mass is 79.9. The van der Waals surface area contributed by atoms with Gasteiger partial charge in [0.25, 0.3) is 11.8 Å². The largest absolute Gasteiger partial charge is 0.345 e. The molecule has 2 N–H and O–H groups in total. The molecule has 0 saturated heterocycles. The van der Waals surface area contributed by atoms with E-state index in [1.54, 1.807) is 36.9 Å². The van der Waals surface area contributed by atoms with Crippen LogP contribution in [-0.4, -0.2) is 31.1 Å². The van der Waals surface area contributed by atoms with E-state index in [-0.39, 0.29) is 10.5 Å². The molecule has 24 heavy (non-hydrogen) atoms. The van der Waals surface area contributed by atoms with E-state index in [1.807, 2.05) is 0 Å². The molecule has 0 unspecified atom stereocenters. The normalized spacial score (nSPS) is 11.2. The summed E-state index contributed by atoms with van der Waals surface area (Å²) in [5, 5.41) is 0. The van der Waals surface area contributed by atoms with Gasteiger partial charge >= 0.3 is 0 Å². The van der Waals surface area contributed by atoms with Gasteiger partial charge in [0, 0.05) is 29.5 Å². The number of rotatable bonds is 3. The summed E-state index contributed by atoms with van der Waals surface area (Å²) in [5.74, 6) is -1.09. The van der Waals surface area contributed by atoms with Crippen molar-refractivity contribution in [3.05, 3.63) is 51.8 Å². The maximum absolute atomic E-state index is 12.2. The van der Waals surface area contributed by atoms with E-state index in [1.165, 1.54) is 12.1 Å². The SMILES string of the molecule is Cc1ccc(S(C)(=O)=O)cc1C(=O)NNC(=O)c1cc(Br)cn1C. The van der Waals surface area contributed by atoms with E-state index in [4.69, 9.17) is 0 Å². The molecule has 0 radical (unpaired) electrons. The average molecular weight is 414 g/mol. The van der Waals surface area contributed by atoms with Crippen LogP contribution < -0.4 is 10.9 Å². The smallest absolute Gasteiger partial charge is 0.286 e. The number of hydrazine groups is 1. The number of nitrogens with one attached hydrogen (secondary N) is 2. The molecule has 2 aromatic rings. The number of amides is 2. The lowest BCUT2D eigenvalue weighted by Crippen LogP contribution is -2.42. The molecule has 0 bridgehead atoms. The molecule has 128 valence electrons. The predicted octanol–water partition coefficient (Wildman–Crippen LogP) is 1.57. The fourth-order valence-corrected chi connectivity index (χ4v) is 3.24. The number of aryl methyl sites for hydroxylation is 2. The second-order valence-corrected chi connectivity index (χ2v) is 8.24. The van der Waals surface area contributed by atoms with Crippen molar-refractivity contribution in [2.24, 2.45) is 7.05 Å². The second-order valence-electron chi connectivity index (χ2n) is 5.31. The number of carbonyl (C=O) groups excluding carboxylic acids is 2. The van der Waals surface area contributed by atoms with Crippen molar-refractivity contribution in [2.45, 2.75) is 11.8 Å². The quantitative estimate of drug-likeness (QED) is 0.746. The summed E-state index contributed by atoms with van der Waals surface area (Å²) in [4.78, 5) is 24.3. The summed E-state index contributed by atoms with van der Waals surface area (Å²) in [5.41, 5.74) is 5.71. The van der Waals surface area contributed by atoms with Gasteiger partial charge in [0.05, 0.1) is 4.90 Å². The maximum atomic E-state index is 12.2. The van der Waals surface area contributed by atoms with E-state index in [0.717, 1.165) is 10.7 Å². The zero-order chi connectivity index (χ0) is 18.1. The predicted molar refractivity (Wildman–Crippen MR) is 92.3 cm³/mol. The van der Waals surface area contributed by atoms with Crippen LogP contribution in [0.15, 0.2) is 39.8 Å². The minimum atomic E-state index is -3.43. The molecule has 2 amide bonds. The van der Waals surface area contributed by atoms with Crippen LogP contribution in [0.25, 0.3) is 0 Å². The standard InChI is InChI=1S/C15H16BrN3O4S/c1-9-4-5-11(24(3,22)23)7-12(9)14(20)17-18-15(21)13-6-10(16)8-19(13)2/h4-8H,1-3H3,(H,17,20)(H,18,21). The van der Waals surface area contributed by atoms with E-state index in [9.17, 15) is 18.0 Å². The Hall–Kier alpha value is -2.13. The molecule has 0 atom stereocenters. The third-order valence-corrected chi connectivity index (χ3v) is 4.92. The third kappa shape index (κ3) is 4.04. The highest BCUT2D eigenvalue weighted by molar-refractivity contribution is 9.10. The third-order valence-electron chi connectivity index (χ3n) is 3.38. The summed E-state index contributed by atoms with van der Waals surface area (Å²) in [7, 11) is -1.73. The van der Waals surface area contributed by atoms with Crippen molar-refractivity contribution in [2.75, 3.05) is 6.26 Å². The molecule has 9 heteroatoms. The lowest BCUT2D eigenvalue weighted by Gasteiger charge is -2.10. The zero-order valence-electron chi connectivity index (χ0n) is 13.3. The molecular weight excluding hydrogens is 398 g/mol. The van der Waals surface area contributed by atoms with E-state index in [2.05, 4.69) is 26.8 Å². The average Bonchev–Trinajstić information content (AvgIpc) is 2.82. The minimum absolute atomic E-state index is 0.0379.